The summed E-state index contributed by atoms with van der Waals surface area (Å²) in [5.41, 5.74) is 0.565. The van der Waals surface area contributed by atoms with Crippen molar-refractivity contribution in [3.05, 3.63) is 48.0 Å². The minimum absolute atomic E-state index is 0.00590. The van der Waals surface area contributed by atoms with E-state index in [-0.39, 0.29) is 11.8 Å². The van der Waals surface area contributed by atoms with Gasteiger partial charge in [-0.2, -0.15) is 0 Å². The summed E-state index contributed by atoms with van der Waals surface area (Å²) in [6, 6.07) is 12.6. The van der Waals surface area contributed by atoms with Crippen LogP contribution in [0.2, 0.25) is 0 Å². The predicted molar refractivity (Wildman–Crippen MR) is 86.7 cm³/mol. The molecule has 1 amide bonds. The number of carbonyl (C=O) groups is 2. The van der Waals surface area contributed by atoms with E-state index < -0.39 is 12.0 Å². The SMILES string of the molecule is CC[C@H](C)[C@H](NC(=O)c1cccc2ccccc12)C(=O)OC. The van der Waals surface area contributed by atoms with Gasteiger partial charge >= 0.3 is 5.97 Å². The van der Waals surface area contributed by atoms with Crippen LogP contribution in [0.25, 0.3) is 10.8 Å². The highest BCUT2D eigenvalue weighted by Crippen LogP contribution is 2.19. The number of benzene rings is 2. The third kappa shape index (κ3) is 3.27. The number of rotatable bonds is 5. The molecule has 0 aromatic heterocycles. The summed E-state index contributed by atoms with van der Waals surface area (Å²) in [7, 11) is 1.34. The predicted octanol–water partition coefficient (Wildman–Crippen LogP) is 3.16. The monoisotopic (exact) mass is 299 g/mol. The maximum Gasteiger partial charge on any atom is 0.328 e. The molecule has 0 saturated carbocycles. The second-order valence-corrected chi connectivity index (χ2v) is 5.39. The van der Waals surface area contributed by atoms with E-state index in [1.54, 1.807) is 6.07 Å². The molecule has 2 atom stereocenters. The summed E-state index contributed by atoms with van der Waals surface area (Å²) < 4.78 is 4.81. The van der Waals surface area contributed by atoms with Crippen LogP contribution in [-0.2, 0) is 9.53 Å². The summed E-state index contributed by atoms with van der Waals surface area (Å²) in [4.78, 5) is 24.5. The molecule has 0 bridgehead atoms. The van der Waals surface area contributed by atoms with Crippen molar-refractivity contribution in [1.29, 1.82) is 0 Å². The maximum absolute atomic E-state index is 12.6. The van der Waals surface area contributed by atoms with Crippen LogP contribution in [0.5, 0.6) is 0 Å². The Kier molecular flexibility index (Phi) is 5.15. The first-order valence-corrected chi connectivity index (χ1v) is 7.45. The number of esters is 1. The molecule has 0 aliphatic heterocycles. The number of fused-ring (bicyclic) bond motifs is 1. The molecule has 0 aliphatic carbocycles. The van der Waals surface area contributed by atoms with Crippen molar-refractivity contribution in [3.63, 3.8) is 0 Å². The van der Waals surface area contributed by atoms with Crippen LogP contribution < -0.4 is 5.32 Å². The Morgan fingerprint density at radius 3 is 2.50 bits per heavy atom. The minimum atomic E-state index is -0.638. The van der Waals surface area contributed by atoms with Crippen LogP contribution >= 0.6 is 0 Å². The largest absolute Gasteiger partial charge is 0.467 e. The van der Waals surface area contributed by atoms with Gasteiger partial charge < -0.3 is 10.1 Å². The van der Waals surface area contributed by atoms with Gasteiger partial charge in [-0.15, -0.1) is 0 Å². The fourth-order valence-corrected chi connectivity index (χ4v) is 2.44. The van der Waals surface area contributed by atoms with E-state index in [4.69, 9.17) is 4.74 Å². The van der Waals surface area contributed by atoms with Gasteiger partial charge in [0, 0.05) is 5.56 Å². The molecular weight excluding hydrogens is 278 g/mol. The highest BCUT2D eigenvalue weighted by Gasteiger charge is 2.27. The summed E-state index contributed by atoms with van der Waals surface area (Å²) in [5, 5.41) is 4.68. The van der Waals surface area contributed by atoms with E-state index in [0.717, 1.165) is 17.2 Å². The highest BCUT2D eigenvalue weighted by molar-refractivity contribution is 6.07. The van der Waals surface area contributed by atoms with Gasteiger partial charge in [-0.1, -0.05) is 56.7 Å². The molecular formula is C18H21NO3. The maximum atomic E-state index is 12.6. The molecule has 0 unspecified atom stereocenters. The van der Waals surface area contributed by atoms with E-state index in [1.165, 1.54) is 7.11 Å². The number of hydrogen-bond donors (Lipinski definition) is 1. The Morgan fingerprint density at radius 1 is 1.14 bits per heavy atom. The lowest BCUT2D eigenvalue weighted by molar-refractivity contribution is -0.144. The van der Waals surface area contributed by atoms with Crippen LogP contribution in [-0.4, -0.2) is 25.0 Å². The number of methoxy groups -OCH3 is 1. The number of ether oxygens (including phenoxy) is 1. The Labute approximate surface area is 130 Å². The van der Waals surface area contributed by atoms with Crippen LogP contribution in [0.4, 0.5) is 0 Å². The first-order chi connectivity index (χ1) is 10.6. The van der Waals surface area contributed by atoms with E-state index in [2.05, 4.69) is 5.32 Å². The van der Waals surface area contributed by atoms with Crippen molar-refractivity contribution < 1.29 is 14.3 Å². The molecule has 22 heavy (non-hydrogen) atoms. The minimum Gasteiger partial charge on any atom is -0.467 e. The summed E-state index contributed by atoms with van der Waals surface area (Å²) in [6.07, 6.45) is 0.773. The molecule has 2 aromatic rings. The van der Waals surface area contributed by atoms with E-state index >= 15 is 0 Å². The normalized spacial score (nSPS) is 13.4. The highest BCUT2D eigenvalue weighted by atomic mass is 16.5. The third-order valence-corrected chi connectivity index (χ3v) is 3.99. The van der Waals surface area contributed by atoms with Gasteiger partial charge in [0.15, 0.2) is 0 Å². The Morgan fingerprint density at radius 2 is 1.82 bits per heavy atom. The van der Waals surface area contributed by atoms with Gasteiger partial charge in [0.1, 0.15) is 6.04 Å². The van der Waals surface area contributed by atoms with Crippen molar-refractivity contribution in [1.82, 2.24) is 5.32 Å². The average Bonchev–Trinajstić information content (AvgIpc) is 2.57. The molecule has 0 fully saturated rings. The second-order valence-electron chi connectivity index (χ2n) is 5.39. The topological polar surface area (TPSA) is 55.4 Å². The summed E-state index contributed by atoms with van der Waals surface area (Å²) in [6.45, 7) is 3.90. The molecule has 0 aliphatic rings. The first-order valence-electron chi connectivity index (χ1n) is 7.45. The van der Waals surface area contributed by atoms with Gasteiger partial charge in [-0.25, -0.2) is 4.79 Å². The lowest BCUT2D eigenvalue weighted by Crippen LogP contribution is -2.45. The zero-order chi connectivity index (χ0) is 16.1. The fraction of sp³-hybridized carbons (Fsp3) is 0.333. The van der Waals surface area contributed by atoms with Crippen molar-refractivity contribution in [3.8, 4) is 0 Å². The van der Waals surface area contributed by atoms with Gasteiger partial charge in [-0.3, -0.25) is 4.79 Å². The Hall–Kier alpha value is -2.36. The van der Waals surface area contributed by atoms with E-state index in [1.807, 2.05) is 50.2 Å². The number of amides is 1. The molecule has 1 N–H and O–H groups in total. The first kappa shape index (κ1) is 16.0. The molecule has 116 valence electrons. The van der Waals surface area contributed by atoms with Crippen LogP contribution in [0, 0.1) is 5.92 Å². The quantitative estimate of drug-likeness (QED) is 0.863. The van der Waals surface area contributed by atoms with Crippen molar-refractivity contribution in [2.75, 3.05) is 7.11 Å². The van der Waals surface area contributed by atoms with Gasteiger partial charge in [0.25, 0.3) is 5.91 Å². The molecule has 0 heterocycles. The van der Waals surface area contributed by atoms with Crippen molar-refractivity contribution >= 4 is 22.6 Å². The Bertz CT molecular complexity index is 676. The number of carbonyl (C=O) groups excluding carboxylic acids is 2. The standard InChI is InChI=1S/C18H21NO3/c1-4-12(2)16(18(21)22-3)19-17(20)15-11-7-9-13-8-5-6-10-14(13)15/h5-12,16H,4H2,1-3H3,(H,19,20)/t12-,16-/m0/s1. The molecule has 0 saturated heterocycles. The lowest BCUT2D eigenvalue weighted by Gasteiger charge is -2.22. The molecule has 2 aromatic carbocycles. The molecule has 0 radical (unpaired) electrons. The van der Waals surface area contributed by atoms with E-state index in [0.29, 0.717) is 5.56 Å². The number of hydrogen-bond acceptors (Lipinski definition) is 3. The van der Waals surface area contributed by atoms with E-state index in [9.17, 15) is 9.59 Å². The Balaban J connectivity index is 2.31. The van der Waals surface area contributed by atoms with Gasteiger partial charge in [-0.05, 0) is 22.8 Å². The molecule has 4 nitrogen and oxygen atoms in total. The summed E-state index contributed by atoms with van der Waals surface area (Å²) in [5.74, 6) is -0.665. The number of nitrogens with one attached hydrogen (secondary N) is 1. The molecule has 0 spiro atoms. The van der Waals surface area contributed by atoms with Crippen molar-refractivity contribution in [2.24, 2.45) is 5.92 Å². The summed E-state index contributed by atoms with van der Waals surface area (Å²) >= 11 is 0. The average molecular weight is 299 g/mol. The van der Waals surface area contributed by atoms with Crippen molar-refractivity contribution in [2.45, 2.75) is 26.3 Å². The van der Waals surface area contributed by atoms with Gasteiger partial charge in [0.05, 0.1) is 7.11 Å². The zero-order valence-electron chi connectivity index (χ0n) is 13.1. The smallest absolute Gasteiger partial charge is 0.328 e. The third-order valence-electron chi connectivity index (χ3n) is 3.99. The van der Waals surface area contributed by atoms with Crippen LogP contribution in [0.15, 0.2) is 42.5 Å². The molecule has 4 heteroatoms. The fourth-order valence-electron chi connectivity index (χ4n) is 2.44. The van der Waals surface area contributed by atoms with Crippen LogP contribution in [0.1, 0.15) is 30.6 Å². The second kappa shape index (κ2) is 7.07. The van der Waals surface area contributed by atoms with Crippen LogP contribution in [0.3, 0.4) is 0 Å². The molecule has 2 rings (SSSR count). The lowest BCUT2D eigenvalue weighted by atomic mass is 9.98. The van der Waals surface area contributed by atoms with Gasteiger partial charge in [0.2, 0.25) is 0 Å². The zero-order valence-corrected chi connectivity index (χ0v) is 13.1.